The van der Waals surface area contributed by atoms with Crippen LogP contribution >= 0.6 is 11.8 Å². The van der Waals surface area contributed by atoms with Gasteiger partial charge in [-0.15, -0.1) is 0 Å². The average Bonchev–Trinajstić information content (AvgIpc) is 3.57. The summed E-state index contributed by atoms with van der Waals surface area (Å²) in [5.41, 5.74) is -1.39. The van der Waals surface area contributed by atoms with Gasteiger partial charge in [-0.1, -0.05) is 17.8 Å². The van der Waals surface area contributed by atoms with Crippen LogP contribution < -0.4 is 4.74 Å². The van der Waals surface area contributed by atoms with Gasteiger partial charge < -0.3 is 9.47 Å². The van der Waals surface area contributed by atoms with Gasteiger partial charge in [-0.25, -0.2) is 4.99 Å². The molecule has 1 aromatic rings. The molecule has 0 radical (unpaired) electrons. The number of aliphatic imine (C=N–C) groups is 1. The van der Waals surface area contributed by atoms with E-state index < -0.39 is 46.7 Å². The molecule has 3 aliphatic carbocycles. The fraction of sp³-hybridized carbons (Fsp3) is 0.680. The Hall–Kier alpha value is -1.95. The minimum Gasteiger partial charge on any atom is -0.493 e. The highest BCUT2D eigenvalue weighted by atomic mass is 32.2. The van der Waals surface area contributed by atoms with Gasteiger partial charge in [0.2, 0.25) is 0 Å². The number of hydrogen-bond donors (Lipinski definition) is 0. The second-order valence-corrected chi connectivity index (χ2v) is 11.4. The number of benzene rings is 1. The van der Waals surface area contributed by atoms with Crippen molar-refractivity contribution in [2.24, 2.45) is 16.3 Å². The first-order valence-corrected chi connectivity index (χ1v) is 13.3. The molecule has 5 rings (SSSR count). The summed E-state index contributed by atoms with van der Waals surface area (Å²) in [5, 5.41) is -0.537. The number of rotatable bonds is 6. The SMILES string of the molecule is COC1CCC2(CC1)Cc1ccc(OCC3CC3)cc1C21N=C(SCC(F)(F)F)N(CC(F)(F)F)C1=O. The summed E-state index contributed by atoms with van der Waals surface area (Å²) in [6.07, 6.45) is -4.94. The zero-order chi connectivity index (χ0) is 26.6. The number of carbonyl (C=O) groups excluding carboxylic acids is 1. The lowest BCUT2D eigenvalue weighted by Crippen LogP contribution is -2.53. The predicted octanol–water partition coefficient (Wildman–Crippen LogP) is 5.86. The molecule has 204 valence electrons. The maximum atomic E-state index is 14.1. The van der Waals surface area contributed by atoms with Gasteiger partial charge in [-0.2, -0.15) is 26.3 Å². The number of alkyl halides is 6. The lowest BCUT2D eigenvalue weighted by molar-refractivity contribution is -0.158. The molecule has 0 saturated heterocycles. The third-order valence-electron chi connectivity index (χ3n) is 7.92. The Morgan fingerprint density at radius 1 is 1.08 bits per heavy atom. The van der Waals surface area contributed by atoms with Crippen LogP contribution in [0.3, 0.4) is 0 Å². The molecule has 1 aliphatic heterocycles. The second kappa shape index (κ2) is 9.36. The fourth-order valence-corrected chi connectivity index (χ4v) is 6.76. The molecule has 2 spiro atoms. The van der Waals surface area contributed by atoms with Crippen molar-refractivity contribution in [3.05, 3.63) is 29.3 Å². The number of hydrogen-bond acceptors (Lipinski definition) is 5. The van der Waals surface area contributed by atoms with E-state index in [1.54, 1.807) is 19.2 Å². The van der Waals surface area contributed by atoms with Crippen molar-refractivity contribution in [2.45, 2.75) is 68.9 Å². The summed E-state index contributed by atoms with van der Waals surface area (Å²) >= 11 is 0.132. The summed E-state index contributed by atoms with van der Waals surface area (Å²) in [7, 11) is 1.58. The van der Waals surface area contributed by atoms with Crippen LogP contribution in [0.1, 0.15) is 49.7 Å². The van der Waals surface area contributed by atoms with Crippen molar-refractivity contribution in [3.8, 4) is 5.75 Å². The molecule has 37 heavy (non-hydrogen) atoms. The van der Waals surface area contributed by atoms with Crippen LogP contribution in [0.15, 0.2) is 23.2 Å². The van der Waals surface area contributed by atoms with Crippen LogP contribution in [0.2, 0.25) is 0 Å². The third-order valence-corrected chi connectivity index (χ3v) is 8.97. The smallest absolute Gasteiger partial charge is 0.406 e. The molecule has 1 atom stereocenters. The molecule has 1 amide bonds. The lowest BCUT2D eigenvalue weighted by Gasteiger charge is -2.45. The van der Waals surface area contributed by atoms with Crippen molar-refractivity contribution < 1.29 is 40.6 Å². The van der Waals surface area contributed by atoms with Crippen LogP contribution in [0.4, 0.5) is 26.3 Å². The summed E-state index contributed by atoms with van der Waals surface area (Å²) in [4.78, 5) is 19.0. The van der Waals surface area contributed by atoms with Gasteiger partial charge in [0.25, 0.3) is 5.91 Å². The number of fused-ring (bicyclic) bond motifs is 3. The maximum absolute atomic E-state index is 14.1. The number of amides is 1. The highest BCUT2D eigenvalue weighted by molar-refractivity contribution is 8.13. The van der Waals surface area contributed by atoms with Crippen LogP contribution in [0.5, 0.6) is 5.75 Å². The van der Waals surface area contributed by atoms with Crippen molar-refractivity contribution in [1.29, 1.82) is 0 Å². The van der Waals surface area contributed by atoms with Gasteiger partial charge in [0.1, 0.15) is 12.3 Å². The van der Waals surface area contributed by atoms with Gasteiger partial charge in [-0.3, -0.25) is 9.69 Å². The molecule has 1 aromatic carbocycles. The van der Waals surface area contributed by atoms with Gasteiger partial charge in [0, 0.05) is 12.5 Å². The zero-order valence-electron chi connectivity index (χ0n) is 20.3. The van der Waals surface area contributed by atoms with E-state index in [0.717, 1.165) is 18.4 Å². The molecule has 0 bridgehead atoms. The van der Waals surface area contributed by atoms with E-state index in [1.807, 2.05) is 6.07 Å². The van der Waals surface area contributed by atoms with Gasteiger partial charge in [-0.05, 0) is 74.1 Å². The number of ether oxygens (including phenoxy) is 2. The Bertz CT molecular complexity index is 1080. The van der Waals surface area contributed by atoms with Crippen molar-refractivity contribution in [3.63, 3.8) is 0 Å². The highest BCUT2D eigenvalue weighted by Gasteiger charge is 2.67. The number of halogens is 6. The summed E-state index contributed by atoms with van der Waals surface area (Å²) in [6, 6.07) is 5.26. The van der Waals surface area contributed by atoms with E-state index in [1.165, 1.54) is 0 Å². The maximum Gasteiger partial charge on any atom is 0.406 e. The van der Waals surface area contributed by atoms with Crippen LogP contribution in [-0.4, -0.2) is 60.4 Å². The van der Waals surface area contributed by atoms with E-state index >= 15 is 0 Å². The molecular formula is C25H28F6N2O3S. The van der Waals surface area contributed by atoms with E-state index in [0.29, 0.717) is 60.8 Å². The van der Waals surface area contributed by atoms with Crippen LogP contribution in [0.25, 0.3) is 0 Å². The number of amidine groups is 1. The molecule has 2 saturated carbocycles. The summed E-state index contributed by atoms with van der Waals surface area (Å²) < 4.78 is 91.3. The van der Waals surface area contributed by atoms with Crippen molar-refractivity contribution >= 4 is 22.8 Å². The first kappa shape index (κ1) is 26.6. The minimum atomic E-state index is -4.81. The van der Waals surface area contributed by atoms with Crippen LogP contribution in [-0.2, 0) is 21.5 Å². The third kappa shape index (κ3) is 5.07. The first-order valence-electron chi connectivity index (χ1n) is 12.3. The Balaban J connectivity index is 1.60. The molecule has 4 aliphatic rings. The monoisotopic (exact) mass is 550 g/mol. The second-order valence-electron chi connectivity index (χ2n) is 10.5. The fourth-order valence-electron chi connectivity index (χ4n) is 5.96. The number of carbonyl (C=O) groups is 1. The molecule has 0 N–H and O–H groups in total. The first-order chi connectivity index (χ1) is 17.4. The molecule has 5 nitrogen and oxygen atoms in total. The molecule has 1 heterocycles. The average molecular weight is 551 g/mol. The van der Waals surface area contributed by atoms with Crippen molar-refractivity contribution in [1.82, 2.24) is 4.90 Å². The minimum absolute atomic E-state index is 0.0605. The Labute approximate surface area is 215 Å². The van der Waals surface area contributed by atoms with Crippen LogP contribution in [0, 0.1) is 11.3 Å². The Morgan fingerprint density at radius 3 is 2.38 bits per heavy atom. The quantitative estimate of drug-likeness (QED) is 0.417. The molecule has 2 fully saturated rings. The number of methoxy groups -OCH3 is 1. The number of thioether (sulfide) groups is 1. The summed E-state index contributed by atoms with van der Waals surface area (Å²) in [5.74, 6) is -1.42. The zero-order valence-corrected chi connectivity index (χ0v) is 21.1. The molecular weight excluding hydrogens is 522 g/mol. The van der Waals surface area contributed by atoms with E-state index in [4.69, 9.17) is 9.47 Å². The standard InChI is InChI=1S/C25H28F6N2O3S/c1-35-17-6-8-22(9-7-17)11-16-4-5-18(36-12-15-2-3-15)10-19(16)25(22)20(34)33(13-23(26,27)28)21(32-25)37-14-24(29,30)31/h4-5,10,15,17H,2-3,6-9,11-14H2,1H3. The largest absolute Gasteiger partial charge is 0.493 e. The predicted molar refractivity (Wildman–Crippen MR) is 125 cm³/mol. The van der Waals surface area contributed by atoms with E-state index in [9.17, 15) is 31.1 Å². The van der Waals surface area contributed by atoms with E-state index in [-0.39, 0.29) is 17.9 Å². The Kier molecular flexibility index (Phi) is 6.74. The number of nitrogens with zero attached hydrogens (tertiary/aromatic N) is 2. The highest BCUT2D eigenvalue weighted by Crippen LogP contribution is 2.63. The summed E-state index contributed by atoms with van der Waals surface area (Å²) in [6.45, 7) is -1.20. The van der Waals surface area contributed by atoms with Gasteiger partial charge in [0.05, 0.1) is 18.5 Å². The van der Waals surface area contributed by atoms with Crippen molar-refractivity contribution in [2.75, 3.05) is 26.0 Å². The van der Waals surface area contributed by atoms with Gasteiger partial charge >= 0.3 is 12.4 Å². The topological polar surface area (TPSA) is 51.1 Å². The molecule has 1 unspecified atom stereocenters. The normalized spacial score (nSPS) is 29.8. The molecule has 0 aromatic heterocycles. The Morgan fingerprint density at radius 2 is 1.78 bits per heavy atom. The van der Waals surface area contributed by atoms with Gasteiger partial charge in [0.15, 0.2) is 10.7 Å². The molecule has 12 heteroatoms. The van der Waals surface area contributed by atoms with E-state index in [2.05, 4.69) is 4.99 Å². The lowest BCUT2D eigenvalue weighted by atomic mass is 9.61.